The molecule has 0 unspecified atom stereocenters. The molecule has 41 heavy (non-hydrogen) atoms. The third-order valence-corrected chi connectivity index (χ3v) is 9.09. The maximum atomic E-state index is 14.1. The lowest BCUT2D eigenvalue weighted by Gasteiger charge is -2.26. The predicted octanol–water partition coefficient (Wildman–Crippen LogP) is 5.28. The highest BCUT2D eigenvalue weighted by molar-refractivity contribution is 14.1. The summed E-state index contributed by atoms with van der Waals surface area (Å²) in [6, 6.07) is 20.5. The summed E-state index contributed by atoms with van der Waals surface area (Å²) in [4.78, 5) is 34.2. The topological polar surface area (TPSA) is 79.1 Å². The number of benzene rings is 3. The number of carbonyl (C=O) groups is 1. The van der Waals surface area contributed by atoms with Crippen LogP contribution in [0, 0.1) is 3.57 Å². The van der Waals surface area contributed by atoms with Crippen LogP contribution in [0.5, 0.6) is 11.5 Å². The summed E-state index contributed by atoms with van der Waals surface area (Å²) in [5.41, 5.74) is 2.93. The molecule has 0 saturated heterocycles. The highest BCUT2D eigenvalue weighted by Gasteiger charge is 2.35. The van der Waals surface area contributed by atoms with Gasteiger partial charge in [0.25, 0.3) is 5.56 Å². The molecule has 0 N–H and O–H groups in total. The van der Waals surface area contributed by atoms with E-state index in [2.05, 4.69) is 22.6 Å². The van der Waals surface area contributed by atoms with Gasteiger partial charge in [-0.1, -0.05) is 53.8 Å². The molecule has 0 radical (unpaired) electrons. The van der Waals surface area contributed by atoms with Crippen LogP contribution in [-0.2, 0) is 9.53 Å². The molecule has 3 aromatic carbocycles. The lowest BCUT2D eigenvalue weighted by atomic mass is 9.93. The van der Waals surface area contributed by atoms with E-state index >= 15 is 0 Å². The highest BCUT2D eigenvalue weighted by Crippen LogP contribution is 2.36. The maximum Gasteiger partial charge on any atom is 0.338 e. The third kappa shape index (κ3) is 5.73. The molecule has 1 atom stereocenters. The summed E-state index contributed by atoms with van der Waals surface area (Å²) in [5.74, 6) is 0.700. The number of fused-ring (bicyclic) bond motifs is 1. The van der Waals surface area contributed by atoms with Crippen molar-refractivity contribution < 1.29 is 19.0 Å². The number of hydrogen-bond donors (Lipinski definition) is 0. The Labute approximate surface area is 259 Å². The van der Waals surface area contributed by atoms with Crippen LogP contribution in [0.3, 0.4) is 0 Å². The highest BCUT2D eigenvalue weighted by atomic mass is 127. The Bertz CT molecular complexity index is 1810. The van der Waals surface area contributed by atoms with Gasteiger partial charge in [-0.3, -0.25) is 9.36 Å². The predicted molar refractivity (Wildman–Crippen MR) is 172 cm³/mol. The van der Waals surface area contributed by atoms with E-state index in [1.165, 1.54) is 11.3 Å². The van der Waals surface area contributed by atoms with Crippen LogP contribution >= 0.6 is 45.7 Å². The molecule has 0 bridgehead atoms. The Morgan fingerprint density at radius 2 is 1.83 bits per heavy atom. The Morgan fingerprint density at radius 3 is 2.46 bits per heavy atom. The zero-order chi connectivity index (χ0) is 29.1. The number of aromatic nitrogens is 1. The SMILES string of the molecule is CCOC(=O)C1=C(c2ccccc2)N=c2s/c(=C\c3cc(I)c(OC)c(OC)c3)c(=O)n2[C@@H]1c1ccc(SC)cc1. The monoisotopic (exact) mass is 698 g/mol. The van der Waals surface area contributed by atoms with E-state index in [-0.39, 0.29) is 12.2 Å². The molecule has 210 valence electrons. The van der Waals surface area contributed by atoms with Crippen molar-refractivity contribution in [3.8, 4) is 11.5 Å². The molecule has 0 saturated carbocycles. The van der Waals surface area contributed by atoms with Gasteiger partial charge in [0.2, 0.25) is 0 Å². The molecule has 0 spiro atoms. The van der Waals surface area contributed by atoms with E-state index in [0.717, 1.165) is 25.2 Å². The molecule has 7 nitrogen and oxygen atoms in total. The number of thiazole rings is 1. The molecule has 1 aliphatic rings. The summed E-state index contributed by atoms with van der Waals surface area (Å²) < 4.78 is 19.5. The lowest BCUT2D eigenvalue weighted by molar-refractivity contribution is -0.138. The number of esters is 1. The van der Waals surface area contributed by atoms with Crippen LogP contribution in [-0.4, -0.2) is 37.6 Å². The summed E-state index contributed by atoms with van der Waals surface area (Å²) >= 11 is 5.09. The van der Waals surface area contributed by atoms with Crippen molar-refractivity contribution in [2.45, 2.75) is 17.9 Å². The number of methoxy groups -OCH3 is 2. The molecule has 4 aromatic rings. The van der Waals surface area contributed by atoms with Gasteiger partial charge in [0.1, 0.15) is 0 Å². The number of hydrogen-bond acceptors (Lipinski definition) is 8. The van der Waals surface area contributed by atoms with Crippen LogP contribution in [0.2, 0.25) is 0 Å². The van der Waals surface area contributed by atoms with E-state index in [4.69, 9.17) is 19.2 Å². The first kappa shape index (κ1) is 29.2. The van der Waals surface area contributed by atoms with Gasteiger partial charge in [0.05, 0.1) is 46.2 Å². The maximum absolute atomic E-state index is 14.1. The lowest BCUT2D eigenvalue weighted by Crippen LogP contribution is -2.40. The third-order valence-electron chi connectivity index (χ3n) is 6.56. The van der Waals surface area contributed by atoms with Gasteiger partial charge in [-0.25, -0.2) is 9.79 Å². The van der Waals surface area contributed by atoms with Crippen molar-refractivity contribution in [3.05, 3.63) is 112 Å². The molecule has 0 aliphatic carbocycles. The average molecular weight is 699 g/mol. The van der Waals surface area contributed by atoms with E-state index < -0.39 is 12.0 Å². The molecule has 5 rings (SSSR count). The Balaban J connectivity index is 1.80. The van der Waals surface area contributed by atoms with Crippen molar-refractivity contribution in [1.82, 2.24) is 4.57 Å². The van der Waals surface area contributed by atoms with Crippen LogP contribution in [0.15, 0.2) is 87.0 Å². The zero-order valence-corrected chi connectivity index (χ0v) is 26.6. The molecular weight excluding hydrogens is 671 g/mol. The molecule has 0 fully saturated rings. The summed E-state index contributed by atoms with van der Waals surface area (Å²) in [6.07, 6.45) is 3.82. The Hall–Kier alpha value is -3.35. The largest absolute Gasteiger partial charge is 0.493 e. The average Bonchev–Trinajstić information content (AvgIpc) is 3.30. The molecule has 1 aromatic heterocycles. The van der Waals surface area contributed by atoms with Gasteiger partial charge >= 0.3 is 5.97 Å². The van der Waals surface area contributed by atoms with Crippen LogP contribution in [0.4, 0.5) is 0 Å². The zero-order valence-electron chi connectivity index (χ0n) is 22.8. The quantitative estimate of drug-likeness (QED) is 0.142. The molecular formula is C31H27IN2O5S2. The summed E-state index contributed by atoms with van der Waals surface area (Å²) in [7, 11) is 3.17. The van der Waals surface area contributed by atoms with E-state index in [9.17, 15) is 9.59 Å². The van der Waals surface area contributed by atoms with Crippen molar-refractivity contribution in [2.24, 2.45) is 4.99 Å². The van der Waals surface area contributed by atoms with Crippen molar-refractivity contribution in [1.29, 1.82) is 0 Å². The van der Waals surface area contributed by atoms with E-state index in [1.807, 2.05) is 79.1 Å². The number of nitrogens with zero attached hydrogens (tertiary/aromatic N) is 2. The first-order valence-corrected chi connectivity index (χ1v) is 15.9. The number of ether oxygens (including phenoxy) is 3. The van der Waals surface area contributed by atoms with Crippen LogP contribution in [0.1, 0.15) is 29.7 Å². The van der Waals surface area contributed by atoms with Gasteiger partial charge in [-0.05, 0) is 77.2 Å². The fourth-order valence-electron chi connectivity index (χ4n) is 4.71. The smallest absolute Gasteiger partial charge is 0.338 e. The van der Waals surface area contributed by atoms with Crippen molar-refractivity contribution in [2.75, 3.05) is 27.1 Å². The van der Waals surface area contributed by atoms with Gasteiger partial charge in [-0.2, -0.15) is 0 Å². The standard InChI is InChI=1S/C31H27IN2O5S2/c1-5-39-30(36)25-26(19-9-7-6-8-10-19)33-31-34(27(25)20-11-13-21(40-4)14-12-20)29(35)24(41-31)17-18-15-22(32)28(38-3)23(16-18)37-2/h6-17,27H,5H2,1-4H3/b24-17-/t27-/m1/s1. The first-order chi connectivity index (χ1) is 19.9. The summed E-state index contributed by atoms with van der Waals surface area (Å²) in [6.45, 7) is 1.97. The van der Waals surface area contributed by atoms with Gasteiger partial charge < -0.3 is 14.2 Å². The minimum Gasteiger partial charge on any atom is -0.493 e. The Morgan fingerprint density at radius 1 is 1.10 bits per heavy atom. The number of thioether (sulfide) groups is 1. The van der Waals surface area contributed by atoms with Crippen LogP contribution < -0.4 is 24.4 Å². The van der Waals surface area contributed by atoms with Gasteiger partial charge in [-0.15, -0.1) is 11.8 Å². The van der Waals surface area contributed by atoms with Crippen molar-refractivity contribution in [3.63, 3.8) is 0 Å². The van der Waals surface area contributed by atoms with E-state index in [1.54, 1.807) is 37.5 Å². The first-order valence-electron chi connectivity index (χ1n) is 12.7. The normalized spacial score (nSPS) is 14.9. The van der Waals surface area contributed by atoms with Gasteiger partial charge in [0, 0.05) is 10.5 Å². The minimum atomic E-state index is -0.718. The fraction of sp³-hybridized carbons (Fsp3) is 0.194. The number of halogens is 1. The molecule has 1 aliphatic heterocycles. The number of rotatable bonds is 8. The molecule has 10 heteroatoms. The second-order valence-electron chi connectivity index (χ2n) is 8.94. The fourth-order valence-corrected chi connectivity index (χ4v) is 6.97. The Kier molecular flexibility index (Phi) is 9.00. The van der Waals surface area contributed by atoms with Crippen molar-refractivity contribution >= 4 is 63.4 Å². The summed E-state index contributed by atoms with van der Waals surface area (Å²) in [5, 5.41) is 0. The molecule has 0 amide bonds. The van der Waals surface area contributed by atoms with Crippen LogP contribution in [0.25, 0.3) is 11.8 Å². The van der Waals surface area contributed by atoms with E-state index in [0.29, 0.717) is 32.1 Å². The van der Waals surface area contributed by atoms with Gasteiger partial charge in [0.15, 0.2) is 16.3 Å². The number of carbonyl (C=O) groups excluding carboxylic acids is 1. The second-order valence-corrected chi connectivity index (χ2v) is 12.0. The molecule has 2 heterocycles. The second kappa shape index (κ2) is 12.7. The minimum absolute atomic E-state index is 0.199.